The summed E-state index contributed by atoms with van der Waals surface area (Å²) in [4.78, 5) is 15.9. The molecule has 12 aromatic rings. The smallest absolute Gasteiger partial charge is 0.238 e. The number of pyridine rings is 1. The molecular weight excluding hydrogens is 835 g/mol. The van der Waals surface area contributed by atoms with E-state index in [1.165, 1.54) is 53.2 Å². The first kappa shape index (κ1) is 37.6. The van der Waals surface area contributed by atoms with E-state index < -0.39 is 0 Å². The summed E-state index contributed by atoms with van der Waals surface area (Å²) in [6, 6.07) is 80.3. The van der Waals surface area contributed by atoms with Crippen molar-refractivity contribution in [1.82, 2.24) is 24.1 Å². The minimum Gasteiger partial charge on any atom is -0.306 e. The molecule has 0 bridgehead atoms. The average molecular weight is 872 g/mol. The largest absolute Gasteiger partial charge is 0.306 e. The lowest BCUT2D eigenvalue weighted by Gasteiger charge is -2.25. The van der Waals surface area contributed by atoms with Crippen molar-refractivity contribution in [3.8, 4) is 67.8 Å². The lowest BCUT2D eigenvalue weighted by molar-refractivity contribution is 0.953. The molecule has 0 radical (unpaired) electrons. The van der Waals surface area contributed by atoms with Crippen LogP contribution in [0.4, 0.5) is 0 Å². The van der Waals surface area contributed by atoms with Gasteiger partial charge in [-0.3, -0.25) is 4.57 Å². The number of nitrogens with zero attached hydrogens (tertiary/aromatic N) is 5. The van der Waals surface area contributed by atoms with Crippen LogP contribution in [0.2, 0.25) is 0 Å². The number of hydrogen-bond donors (Lipinski definition) is 0. The van der Waals surface area contributed by atoms with Gasteiger partial charge in [-0.25, -0.2) is 4.98 Å². The Morgan fingerprint density at radius 2 is 0.821 bits per heavy atom. The minimum atomic E-state index is 0.564. The summed E-state index contributed by atoms with van der Waals surface area (Å²) in [5.41, 5.74) is 14.4. The van der Waals surface area contributed by atoms with Gasteiger partial charge in [0, 0.05) is 32.7 Å². The van der Waals surface area contributed by atoms with E-state index >= 15 is 0 Å². The molecule has 67 heavy (non-hydrogen) atoms. The highest BCUT2D eigenvalue weighted by Crippen LogP contribution is 2.47. The quantitative estimate of drug-likeness (QED) is 0.124. The fraction of sp³-hybridized carbons (Fsp3) is 0. The minimum absolute atomic E-state index is 0.564. The molecule has 312 valence electrons. The first-order valence-corrected chi connectivity index (χ1v) is 23.4. The molecule has 0 aliphatic carbocycles. The molecule has 0 N–H and O–H groups in total. The Kier molecular flexibility index (Phi) is 8.38. The molecule has 14 rings (SSSR count). The molecule has 0 saturated heterocycles. The Hall–Kier alpha value is -8.71. The summed E-state index contributed by atoms with van der Waals surface area (Å²) in [7, 11) is 0. The van der Waals surface area contributed by atoms with Crippen LogP contribution in [0.25, 0.3) is 132 Å². The van der Waals surface area contributed by atoms with Crippen molar-refractivity contribution >= 4 is 75.1 Å². The number of rotatable bonds is 6. The van der Waals surface area contributed by atoms with Gasteiger partial charge in [0.1, 0.15) is 0 Å². The zero-order valence-electron chi connectivity index (χ0n) is 36.0. The summed E-state index contributed by atoms with van der Waals surface area (Å²) in [5, 5.41) is 7.31. The normalized spacial score (nSPS) is 11.9. The van der Waals surface area contributed by atoms with E-state index in [1.54, 1.807) is 0 Å². The fourth-order valence-electron chi connectivity index (χ4n) is 10.3. The topological polar surface area (TPSA) is 48.5 Å². The molecule has 4 heterocycles. The Balaban J connectivity index is 1.01. The van der Waals surface area contributed by atoms with Gasteiger partial charge < -0.3 is 4.57 Å². The maximum atomic E-state index is 5.40. The van der Waals surface area contributed by atoms with Crippen LogP contribution in [0.5, 0.6) is 0 Å². The molecule has 5 nitrogen and oxygen atoms in total. The second-order valence-corrected chi connectivity index (χ2v) is 18.3. The van der Waals surface area contributed by atoms with Gasteiger partial charge in [-0.2, -0.15) is 9.97 Å². The third kappa shape index (κ3) is 5.97. The third-order valence-electron chi connectivity index (χ3n) is 13.3. The van der Waals surface area contributed by atoms with Crippen molar-refractivity contribution < 1.29 is 0 Å². The fourth-order valence-corrected chi connectivity index (χ4v) is 11.4. The van der Waals surface area contributed by atoms with Crippen LogP contribution in [0.15, 0.2) is 224 Å². The number of para-hydroxylation sites is 3. The van der Waals surface area contributed by atoms with Gasteiger partial charge >= 0.3 is 0 Å². The molecule has 2 aromatic heterocycles. The molecular formula is C61H37N5S. The summed E-state index contributed by atoms with van der Waals surface area (Å²) in [6.45, 7) is 0. The van der Waals surface area contributed by atoms with Gasteiger partial charge in [0.25, 0.3) is 0 Å². The second kappa shape index (κ2) is 14.9. The van der Waals surface area contributed by atoms with Gasteiger partial charge in [0.15, 0.2) is 11.6 Å². The van der Waals surface area contributed by atoms with Gasteiger partial charge in [0.05, 0.1) is 37.2 Å². The van der Waals surface area contributed by atoms with Crippen molar-refractivity contribution in [3.05, 3.63) is 224 Å². The summed E-state index contributed by atoms with van der Waals surface area (Å²) >= 11 is 1.86. The van der Waals surface area contributed by atoms with Crippen LogP contribution in [0.3, 0.4) is 0 Å². The highest BCUT2D eigenvalue weighted by atomic mass is 32.1. The van der Waals surface area contributed by atoms with E-state index in [0.29, 0.717) is 17.6 Å². The van der Waals surface area contributed by atoms with Gasteiger partial charge in [-0.15, -0.1) is 11.3 Å². The van der Waals surface area contributed by atoms with Crippen molar-refractivity contribution in [1.29, 1.82) is 0 Å². The van der Waals surface area contributed by atoms with Crippen LogP contribution in [0, 0.1) is 0 Å². The maximum Gasteiger partial charge on any atom is 0.238 e. The molecule has 10 aromatic carbocycles. The molecule has 0 atom stereocenters. The van der Waals surface area contributed by atoms with Gasteiger partial charge in [-0.05, 0) is 105 Å². The van der Waals surface area contributed by atoms with E-state index in [2.05, 4.69) is 215 Å². The predicted molar refractivity (Wildman–Crippen MR) is 280 cm³/mol. The summed E-state index contributed by atoms with van der Waals surface area (Å²) in [6.07, 6.45) is 0. The van der Waals surface area contributed by atoms with E-state index in [9.17, 15) is 0 Å². The van der Waals surface area contributed by atoms with Crippen molar-refractivity contribution in [2.45, 2.75) is 0 Å². The van der Waals surface area contributed by atoms with Crippen molar-refractivity contribution in [3.63, 3.8) is 0 Å². The molecule has 6 heteroatoms. The van der Waals surface area contributed by atoms with Crippen LogP contribution < -0.4 is 0 Å². The highest BCUT2D eigenvalue weighted by molar-refractivity contribution is 7.24. The predicted octanol–water partition coefficient (Wildman–Crippen LogP) is 16.2. The third-order valence-corrected chi connectivity index (χ3v) is 14.4. The Morgan fingerprint density at radius 3 is 1.52 bits per heavy atom. The van der Waals surface area contributed by atoms with E-state index in [4.69, 9.17) is 15.0 Å². The Bertz CT molecular complexity index is 4150. The first-order chi connectivity index (χ1) is 33.2. The van der Waals surface area contributed by atoms with E-state index in [-0.39, 0.29) is 0 Å². The monoisotopic (exact) mass is 871 g/mol. The molecule has 0 unspecified atom stereocenters. The van der Waals surface area contributed by atoms with Gasteiger partial charge in [0.2, 0.25) is 5.95 Å². The van der Waals surface area contributed by atoms with Crippen LogP contribution in [-0.2, 0) is 0 Å². The van der Waals surface area contributed by atoms with Crippen molar-refractivity contribution in [2.24, 2.45) is 0 Å². The zero-order valence-corrected chi connectivity index (χ0v) is 36.8. The molecule has 2 aliphatic rings. The molecule has 0 saturated carbocycles. The van der Waals surface area contributed by atoms with E-state index in [1.807, 2.05) is 29.5 Å². The molecule has 2 aliphatic heterocycles. The van der Waals surface area contributed by atoms with Crippen molar-refractivity contribution in [2.75, 3.05) is 0 Å². The molecule has 0 spiro atoms. The number of aromatic nitrogens is 5. The number of fused-ring (bicyclic) bond motifs is 8. The number of hydrogen-bond acceptors (Lipinski definition) is 4. The zero-order chi connectivity index (χ0) is 44.0. The maximum absolute atomic E-state index is 5.40. The lowest BCUT2D eigenvalue weighted by atomic mass is 9.92. The summed E-state index contributed by atoms with van der Waals surface area (Å²) < 4.78 is 7.21. The first-order valence-electron chi connectivity index (χ1n) is 22.6. The number of benzene rings is 10. The van der Waals surface area contributed by atoms with Crippen LogP contribution in [0.1, 0.15) is 0 Å². The second-order valence-electron chi connectivity index (χ2n) is 17.2. The molecule has 0 fully saturated rings. The Morgan fingerprint density at radius 1 is 0.299 bits per heavy atom. The molecule has 0 amide bonds. The highest BCUT2D eigenvalue weighted by Gasteiger charge is 2.24. The SMILES string of the molecule is c1ccc(-c2cc(-c3ccccc3)cc(-c3nc(-c4ccccc4)nc(-n4c5ccccc5c5cc(-c6cc7sc8ccccc8n8c9ccccc9c9cccc6c9c7-8)ccc54)n3)c2)cc1. The lowest BCUT2D eigenvalue weighted by Crippen LogP contribution is -2.06. The standard InChI is InChI=1S/C61H37N5S/c1-4-17-38(18-5-1)42-33-43(39-19-6-2-7-20-39)35-44(34-42)60-62-59(40-21-8-3-9-22-40)63-61(64-60)66-52-28-13-11-24-46(52)50-36-41(31-32-53(50)66)49-37-56-58-57-47(25-16-26-48(49)57)45-23-10-12-27-51(45)65(58)54-29-14-15-30-55(54)67-56/h1-37H. The van der Waals surface area contributed by atoms with Crippen LogP contribution >= 0.6 is 11.3 Å². The van der Waals surface area contributed by atoms with Gasteiger partial charge in [-0.1, -0.05) is 164 Å². The average Bonchev–Trinajstić information content (AvgIpc) is 3.74. The summed E-state index contributed by atoms with van der Waals surface area (Å²) in [5.74, 6) is 1.78. The van der Waals surface area contributed by atoms with Crippen LogP contribution in [-0.4, -0.2) is 24.1 Å². The Labute approximate surface area is 389 Å². The van der Waals surface area contributed by atoms with E-state index in [0.717, 1.165) is 60.8 Å².